The van der Waals surface area contributed by atoms with E-state index in [1.165, 1.54) is 25.7 Å². The number of esters is 3. The van der Waals surface area contributed by atoms with Gasteiger partial charge in [0.15, 0.2) is 24.6 Å². The summed E-state index contributed by atoms with van der Waals surface area (Å²) in [4.78, 5) is 50.9. The fraction of sp³-hybridized carbons (Fsp3) is 0.607. The number of rotatable bonds is 44. The first-order chi connectivity index (χ1) is 35.6. The monoisotopic (exact) mass is 1020 g/mol. The summed E-state index contributed by atoms with van der Waals surface area (Å²) in [5.41, 5.74) is 0. The molecule has 0 aromatic rings. The molecule has 0 saturated carbocycles. The van der Waals surface area contributed by atoms with Gasteiger partial charge in [-0.2, -0.15) is 0 Å². The first kappa shape index (κ1) is 66.1. The van der Waals surface area contributed by atoms with Crippen LogP contribution in [-0.4, -0.2) is 89.2 Å². The van der Waals surface area contributed by atoms with Crippen molar-refractivity contribution in [3.05, 3.63) is 122 Å². The van der Waals surface area contributed by atoms with Crippen molar-refractivity contribution in [3.63, 3.8) is 0 Å². The Hall–Kier alpha value is -4.88. The Morgan fingerprint density at radius 2 is 0.904 bits per heavy atom. The van der Waals surface area contributed by atoms with E-state index in [1.807, 2.05) is 12.2 Å². The summed E-state index contributed by atoms with van der Waals surface area (Å²) in [5.74, 6) is -3.37. The lowest BCUT2D eigenvalue weighted by Gasteiger charge is -2.40. The summed E-state index contributed by atoms with van der Waals surface area (Å²) in [6.07, 6.45) is 53.5. The smallest absolute Gasteiger partial charge is 0.335 e. The van der Waals surface area contributed by atoms with Crippen LogP contribution in [0.4, 0.5) is 0 Å². The van der Waals surface area contributed by atoms with E-state index in [2.05, 4.69) is 118 Å². The lowest BCUT2D eigenvalue weighted by atomic mass is 9.98. The van der Waals surface area contributed by atoms with Gasteiger partial charge in [-0.05, 0) is 109 Å². The first-order valence-corrected chi connectivity index (χ1v) is 27.5. The summed E-state index contributed by atoms with van der Waals surface area (Å²) in [6.45, 7) is 5.63. The minimum Gasteiger partial charge on any atom is -0.479 e. The number of aliphatic carboxylic acids is 1. The highest BCUT2D eigenvalue weighted by Gasteiger charge is 2.50. The molecule has 12 heteroatoms. The second-order valence-corrected chi connectivity index (χ2v) is 18.1. The van der Waals surface area contributed by atoms with Crippen molar-refractivity contribution in [1.29, 1.82) is 0 Å². The maximum atomic E-state index is 13.1. The van der Waals surface area contributed by atoms with Gasteiger partial charge in [0, 0.05) is 12.8 Å². The fourth-order valence-corrected chi connectivity index (χ4v) is 7.37. The average molecular weight is 1020 g/mol. The number of hydrogen-bond acceptors (Lipinski definition) is 11. The zero-order valence-corrected chi connectivity index (χ0v) is 44.8. The molecule has 73 heavy (non-hydrogen) atoms. The summed E-state index contributed by atoms with van der Waals surface area (Å²) in [5, 5.41) is 31.4. The molecule has 6 unspecified atom stereocenters. The zero-order chi connectivity index (χ0) is 53.3. The van der Waals surface area contributed by atoms with Crippen molar-refractivity contribution in [2.24, 2.45) is 0 Å². The maximum Gasteiger partial charge on any atom is 0.335 e. The normalized spacial score (nSPS) is 19.3. The van der Waals surface area contributed by atoms with E-state index in [-0.39, 0.29) is 25.9 Å². The van der Waals surface area contributed by atoms with E-state index in [1.54, 1.807) is 12.2 Å². The van der Waals surface area contributed by atoms with Crippen LogP contribution in [-0.2, 0) is 42.9 Å². The predicted octanol–water partition coefficient (Wildman–Crippen LogP) is 13.7. The molecular formula is C61H94O12. The van der Waals surface area contributed by atoms with Crippen LogP contribution in [0.3, 0.4) is 0 Å². The van der Waals surface area contributed by atoms with Gasteiger partial charge in [0.25, 0.3) is 0 Å². The van der Waals surface area contributed by atoms with E-state index in [0.29, 0.717) is 19.3 Å². The molecule has 0 aliphatic carbocycles. The van der Waals surface area contributed by atoms with Crippen LogP contribution in [0.5, 0.6) is 0 Å². The SMILES string of the molecule is CC/C=C\C/C=C\C/C=C\C/C=C\C/C=C\CC(=O)OC1C(OCC(COC(=O)CCCC/C=C\C/C=C\C/C=C\C/C=C\CC)OC(=O)CCCCCCC/C=C\CCCCCC)OC(C(=O)O)C(O)C1O. The number of allylic oxidation sites excluding steroid dienone is 19. The number of ether oxygens (including phenoxy) is 5. The number of carbonyl (C=O) groups excluding carboxylic acids is 3. The molecule has 0 aromatic heterocycles. The molecule has 12 nitrogen and oxygen atoms in total. The fourth-order valence-electron chi connectivity index (χ4n) is 7.37. The van der Waals surface area contributed by atoms with Crippen LogP contribution >= 0.6 is 0 Å². The number of carboxylic acids is 1. The van der Waals surface area contributed by atoms with Crippen LogP contribution in [0.15, 0.2) is 122 Å². The Bertz CT molecular complexity index is 1730. The van der Waals surface area contributed by atoms with Gasteiger partial charge in [-0.15, -0.1) is 0 Å². The van der Waals surface area contributed by atoms with Crippen LogP contribution in [0.25, 0.3) is 0 Å². The summed E-state index contributed by atoms with van der Waals surface area (Å²) >= 11 is 0. The van der Waals surface area contributed by atoms with Gasteiger partial charge < -0.3 is 39.0 Å². The Balaban J connectivity index is 2.81. The molecule has 0 bridgehead atoms. The highest BCUT2D eigenvalue weighted by molar-refractivity contribution is 5.74. The van der Waals surface area contributed by atoms with Gasteiger partial charge in [0.1, 0.15) is 18.8 Å². The molecule has 1 saturated heterocycles. The standard InChI is InChI=1S/C61H94O12/c1-4-7-10-13-16-19-22-25-27-30-32-35-38-41-44-47-53(62)69-50-52(71-54(63)48-45-42-39-36-33-29-24-21-18-15-12-9-6-3)51-70-61-59(57(66)56(65)58(73-61)60(67)68)72-55(64)49-46-43-40-37-34-31-28-26-23-20-17-14-11-8-5-2/h7-8,10-11,16-17,19-21,24-28,32,34-35,37,43,46,52,56-59,61,65-66H,4-6,9,12-15,18,22-23,29-31,33,36,38-42,44-45,47-51H2,1-3H3,(H,67,68)/b10-7-,11-8-,19-16-,20-17-,24-21-,27-25-,28-26-,35-32-,37-34-,46-43-. The number of hydrogen-bond donors (Lipinski definition) is 3. The minimum absolute atomic E-state index is 0.126. The molecule has 0 amide bonds. The topological polar surface area (TPSA) is 175 Å². The van der Waals surface area contributed by atoms with Crippen LogP contribution in [0.1, 0.15) is 188 Å². The summed E-state index contributed by atoms with van der Waals surface area (Å²) < 4.78 is 28.2. The molecule has 0 aromatic carbocycles. The summed E-state index contributed by atoms with van der Waals surface area (Å²) in [7, 11) is 0. The van der Waals surface area contributed by atoms with Gasteiger partial charge in [-0.1, -0.05) is 181 Å². The van der Waals surface area contributed by atoms with Gasteiger partial charge in [-0.25, -0.2) is 4.79 Å². The van der Waals surface area contributed by atoms with Crippen molar-refractivity contribution >= 4 is 23.9 Å². The molecule has 1 heterocycles. The molecule has 1 rings (SSSR count). The highest BCUT2D eigenvalue weighted by Crippen LogP contribution is 2.26. The molecule has 0 radical (unpaired) electrons. The van der Waals surface area contributed by atoms with Crippen LogP contribution in [0, 0.1) is 0 Å². The number of aliphatic hydroxyl groups is 2. The Kier molecular flexibility index (Phi) is 43.6. The van der Waals surface area contributed by atoms with Gasteiger partial charge >= 0.3 is 23.9 Å². The van der Waals surface area contributed by atoms with E-state index in [9.17, 15) is 34.5 Å². The largest absolute Gasteiger partial charge is 0.479 e. The van der Waals surface area contributed by atoms with Crippen molar-refractivity contribution < 1.29 is 58.2 Å². The zero-order valence-electron chi connectivity index (χ0n) is 44.8. The molecule has 6 atom stereocenters. The van der Waals surface area contributed by atoms with E-state index >= 15 is 0 Å². The van der Waals surface area contributed by atoms with Gasteiger partial charge in [0.2, 0.25) is 0 Å². The average Bonchev–Trinajstić information content (AvgIpc) is 3.37. The van der Waals surface area contributed by atoms with Crippen molar-refractivity contribution in [2.45, 2.75) is 225 Å². The maximum absolute atomic E-state index is 13.1. The number of carboxylic acid groups (broad SMARTS) is 1. The Labute approximate surface area is 439 Å². The lowest BCUT2D eigenvalue weighted by Crippen LogP contribution is -2.61. The molecule has 3 N–H and O–H groups in total. The molecule has 410 valence electrons. The van der Waals surface area contributed by atoms with Gasteiger partial charge in [0.05, 0.1) is 13.0 Å². The molecule has 1 aliphatic rings. The van der Waals surface area contributed by atoms with E-state index in [0.717, 1.165) is 103 Å². The molecule has 1 fully saturated rings. The highest BCUT2D eigenvalue weighted by atomic mass is 16.7. The number of unbranched alkanes of at least 4 members (excludes halogenated alkanes) is 11. The molecular weight excluding hydrogens is 925 g/mol. The second kappa shape index (κ2) is 48.1. The Morgan fingerprint density at radius 1 is 0.479 bits per heavy atom. The molecule has 1 aliphatic heterocycles. The first-order valence-electron chi connectivity index (χ1n) is 27.5. The van der Waals surface area contributed by atoms with Crippen molar-refractivity contribution in [2.75, 3.05) is 13.2 Å². The van der Waals surface area contributed by atoms with Crippen LogP contribution < -0.4 is 0 Å². The predicted molar refractivity (Wildman–Crippen MR) is 293 cm³/mol. The number of carbonyl (C=O) groups is 4. The molecule has 0 spiro atoms. The van der Waals surface area contributed by atoms with E-state index in [4.69, 9.17) is 23.7 Å². The minimum atomic E-state index is -1.95. The Morgan fingerprint density at radius 3 is 1.42 bits per heavy atom. The second-order valence-electron chi connectivity index (χ2n) is 18.1. The quantitative estimate of drug-likeness (QED) is 0.0228. The third-order valence-corrected chi connectivity index (χ3v) is 11.5. The third kappa shape index (κ3) is 38.4. The van der Waals surface area contributed by atoms with Crippen LogP contribution in [0.2, 0.25) is 0 Å². The van der Waals surface area contributed by atoms with Crippen molar-refractivity contribution in [3.8, 4) is 0 Å². The van der Waals surface area contributed by atoms with Gasteiger partial charge in [-0.3, -0.25) is 14.4 Å². The third-order valence-electron chi connectivity index (χ3n) is 11.5. The summed E-state index contributed by atoms with van der Waals surface area (Å²) in [6, 6.07) is 0. The lowest BCUT2D eigenvalue weighted by molar-refractivity contribution is -0.301. The number of aliphatic hydroxyl groups excluding tert-OH is 2. The van der Waals surface area contributed by atoms with Crippen molar-refractivity contribution in [1.82, 2.24) is 0 Å². The van der Waals surface area contributed by atoms with E-state index < -0.39 is 67.3 Å².